The third-order valence-corrected chi connectivity index (χ3v) is 5.91. The summed E-state index contributed by atoms with van der Waals surface area (Å²) in [7, 11) is 4.02. The van der Waals surface area contributed by atoms with Crippen LogP contribution in [0, 0.1) is 5.82 Å². The average Bonchev–Trinajstić information content (AvgIpc) is 2.74. The minimum absolute atomic E-state index is 0.0785. The fourth-order valence-corrected chi connectivity index (χ4v) is 4.26. The van der Waals surface area contributed by atoms with Gasteiger partial charge in [0.05, 0.1) is 12.1 Å². The average molecular weight is 397 g/mol. The van der Waals surface area contributed by atoms with Crippen LogP contribution in [0.3, 0.4) is 0 Å². The summed E-state index contributed by atoms with van der Waals surface area (Å²) in [5.74, 6) is 1.70. The lowest BCUT2D eigenvalue weighted by atomic mass is 9.95. The van der Waals surface area contributed by atoms with Crippen molar-refractivity contribution in [1.29, 1.82) is 0 Å². The first kappa shape index (κ1) is 19.8. The van der Waals surface area contributed by atoms with Gasteiger partial charge in [-0.25, -0.2) is 14.4 Å². The second kappa shape index (κ2) is 8.45. The van der Waals surface area contributed by atoms with E-state index in [2.05, 4.69) is 17.3 Å². The Morgan fingerprint density at radius 1 is 1.24 bits per heavy atom. The minimum atomic E-state index is -0.282. The molecule has 2 aromatic rings. The van der Waals surface area contributed by atoms with E-state index in [0.717, 1.165) is 61.8 Å². The molecule has 0 spiro atoms. The van der Waals surface area contributed by atoms with Gasteiger partial charge >= 0.3 is 0 Å². The molecule has 2 aliphatic heterocycles. The first-order chi connectivity index (χ1) is 14.0. The molecule has 1 amide bonds. The van der Waals surface area contributed by atoms with E-state index in [0.29, 0.717) is 13.0 Å². The third kappa shape index (κ3) is 4.40. The summed E-state index contributed by atoms with van der Waals surface area (Å²) in [4.78, 5) is 26.7. The van der Waals surface area contributed by atoms with Crippen LogP contribution >= 0.6 is 0 Å². The van der Waals surface area contributed by atoms with Gasteiger partial charge in [0.15, 0.2) is 0 Å². The van der Waals surface area contributed by atoms with E-state index in [1.165, 1.54) is 17.7 Å². The number of hydrogen-bond donors (Lipinski definition) is 1. The molecule has 29 heavy (non-hydrogen) atoms. The Morgan fingerprint density at radius 3 is 2.79 bits per heavy atom. The molecule has 3 heterocycles. The van der Waals surface area contributed by atoms with Gasteiger partial charge in [0.25, 0.3) is 0 Å². The fraction of sp³-hybridized carbons (Fsp3) is 0.500. The number of benzene rings is 1. The van der Waals surface area contributed by atoms with Crippen LogP contribution in [0.15, 0.2) is 24.3 Å². The number of nitrogens with one attached hydrogen (secondary N) is 1. The Labute approximate surface area is 171 Å². The summed E-state index contributed by atoms with van der Waals surface area (Å²) in [6.45, 7) is 3.26. The zero-order valence-corrected chi connectivity index (χ0v) is 17.1. The highest BCUT2D eigenvalue weighted by molar-refractivity contribution is 5.79. The van der Waals surface area contributed by atoms with Crippen molar-refractivity contribution in [3.8, 4) is 0 Å². The predicted octanol–water partition coefficient (Wildman–Crippen LogP) is 2.59. The predicted molar refractivity (Wildman–Crippen MR) is 110 cm³/mol. The van der Waals surface area contributed by atoms with Crippen molar-refractivity contribution >= 4 is 11.7 Å². The van der Waals surface area contributed by atoms with Crippen molar-refractivity contribution in [2.75, 3.05) is 39.0 Å². The van der Waals surface area contributed by atoms with Gasteiger partial charge in [-0.05, 0) is 37.6 Å². The van der Waals surface area contributed by atoms with Crippen LogP contribution in [-0.2, 0) is 24.2 Å². The molecule has 1 N–H and O–H groups in total. The SMILES string of the molecule is CNc1nc(C2CCCN(C(=O)Cc3ccc(F)cc3)C2)nc2c1CN(C)CC2. The van der Waals surface area contributed by atoms with E-state index in [1.807, 2.05) is 11.9 Å². The lowest BCUT2D eigenvalue weighted by molar-refractivity contribution is -0.131. The normalized spacial score (nSPS) is 19.7. The van der Waals surface area contributed by atoms with Gasteiger partial charge in [0.1, 0.15) is 17.5 Å². The largest absolute Gasteiger partial charge is 0.373 e. The van der Waals surface area contributed by atoms with Gasteiger partial charge in [-0.3, -0.25) is 4.79 Å². The highest BCUT2D eigenvalue weighted by atomic mass is 19.1. The molecule has 1 atom stereocenters. The zero-order chi connectivity index (χ0) is 20.4. The highest BCUT2D eigenvalue weighted by Crippen LogP contribution is 2.29. The second-order valence-corrected chi connectivity index (χ2v) is 8.08. The molecule has 0 radical (unpaired) electrons. The third-order valence-electron chi connectivity index (χ3n) is 5.91. The van der Waals surface area contributed by atoms with Crippen LogP contribution in [-0.4, -0.2) is 59.4 Å². The Morgan fingerprint density at radius 2 is 2.03 bits per heavy atom. The summed E-state index contributed by atoms with van der Waals surface area (Å²) in [6.07, 6.45) is 3.15. The molecule has 2 aliphatic rings. The smallest absolute Gasteiger partial charge is 0.227 e. The molecule has 1 unspecified atom stereocenters. The first-order valence-corrected chi connectivity index (χ1v) is 10.3. The molecule has 0 bridgehead atoms. The summed E-state index contributed by atoms with van der Waals surface area (Å²) in [6, 6.07) is 6.16. The van der Waals surface area contributed by atoms with Crippen molar-refractivity contribution in [1.82, 2.24) is 19.8 Å². The van der Waals surface area contributed by atoms with Crippen LogP contribution in [0.4, 0.5) is 10.2 Å². The second-order valence-electron chi connectivity index (χ2n) is 8.08. The van der Waals surface area contributed by atoms with Gasteiger partial charge in [-0.2, -0.15) is 0 Å². The van der Waals surface area contributed by atoms with E-state index < -0.39 is 0 Å². The van der Waals surface area contributed by atoms with E-state index in [-0.39, 0.29) is 17.6 Å². The lowest BCUT2D eigenvalue weighted by Crippen LogP contribution is -2.40. The Balaban J connectivity index is 1.49. The summed E-state index contributed by atoms with van der Waals surface area (Å²) in [5, 5.41) is 3.24. The number of hydrogen-bond acceptors (Lipinski definition) is 5. The van der Waals surface area contributed by atoms with Crippen molar-refractivity contribution in [3.05, 3.63) is 52.7 Å². The number of carbonyl (C=O) groups is 1. The van der Waals surface area contributed by atoms with Gasteiger partial charge in [-0.15, -0.1) is 0 Å². The quantitative estimate of drug-likeness (QED) is 0.859. The Hall–Kier alpha value is -2.54. The molecule has 1 aromatic carbocycles. The molecule has 4 rings (SSSR count). The maximum Gasteiger partial charge on any atom is 0.227 e. The van der Waals surface area contributed by atoms with Gasteiger partial charge in [0, 0.05) is 51.1 Å². The number of rotatable bonds is 4. The topological polar surface area (TPSA) is 61.4 Å². The van der Waals surface area contributed by atoms with Crippen LogP contribution in [0.1, 0.15) is 41.4 Å². The number of aromatic nitrogens is 2. The van der Waals surface area contributed by atoms with Gasteiger partial charge < -0.3 is 15.1 Å². The highest BCUT2D eigenvalue weighted by Gasteiger charge is 2.29. The van der Waals surface area contributed by atoms with E-state index in [1.54, 1.807) is 12.1 Å². The van der Waals surface area contributed by atoms with Crippen LogP contribution < -0.4 is 5.32 Å². The maximum atomic E-state index is 13.1. The molecule has 6 nitrogen and oxygen atoms in total. The lowest BCUT2D eigenvalue weighted by Gasteiger charge is -2.33. The van der Waals surface area contributed by atoms with Crippen LogP contribution in [0.2, 0.25) is 0 Å². The molecule has 0 saturated carbocycles. The maximum absolute atomic E-state index is 13.1. The fourth-order valence-electron chi connectivity index (χ4n) is 4.26. The van der Waals surface area contributed by atoms with Crippen molar-refractivity contribution in [3.63, 3.8) is 0 Å². The van der Waals surface area contributed by atoms with Crippen LogP contribution in [0.25, 0.3) is 0 Å². The summed E-state index contributed by atoms with van der Waals surface area (Å²) < 4.78 is 13.1. The molecule has 1 saturated heterocycles. The molecular formula is C22H28FN5O. The number of fused-ring (bicyclic) bond motifs is 1. The Kier molecular flexibility index (Phi) is 5.76. The van der Waals surface area contributed by atoms with E-state index in [9.17, 15) is 9.18 Å². The zero-order valence-electron chi connectivity index (χ0n) is 17.1. The van der Waals surface area contributed by atoms with Crippen molar-refractivity contribution in [2.45, 2.75) is 38.1 Å². The number of likely N-dealkylation sites (tertiary alicyclic amines) is 1. The van der Waals surface area contributed by atoms with Crippen molar-refractivity contribution < 1.29 is 9.18 Å². The van der Waals surface area contributed by atoms with Gasteiger partial charge in [0.2, 0.25) is 5.91 Å². The molecular weight excluding hydrogens is 369 g/mol. The van der Waals surface area contributed by atoms with Crippen molar-refractivity contribution in [2.24, 2.45) is 0 Å². The van der Waals surface area contributed by atoms with Crippen LogP contribution in [0.5, 0.6) is 0 Å². The first-order valence-electron chi connectivity index (χ1n) is 10.3. The summed E-state index contributed by atoms with van der Waals surface area (Å²) in [5.41, 5.74) is 3.16. The number of carbonyl (C=O) groups excluding carboxylic acids is 1. The van der Waals surface area contributed by atoms with Gasteiger partial charge in [-0.1, -0.05) is 12.1 Å². The number of piperidine rings is 1. The molecule has 0 aliphatic carbocycles. The number of halogens is 1. The minimum Gasteiger partial charge on any atom is -0.373 e. The standard InChI is InChI=1S/C22H28FN5O/c1-24-22-18-14-27(2)11-9-19(18)25-21(26-22)16-4-3-10-28(13-16)20(29)12-15-5-7-17(23)8-6-15/h5-8,16H,3-4,9-14H2,1-2H3,(H,24,25,26). The molecule has 1 fully saturated rings. The molecule has 1 aromatic heterocycles. The monoisotopic (exact) mass is 397 g/mol. The molecule has 154 valence electrons. The summed E-state index contributed by atoms with van der Waals surface area (Å²) >= 11 is 0. The number of amides is 1. The molecule has 7 heteroatoms. The number of anilines is 1. The van der Waals surface area contributed by atoms with E-state index >= 15 is 0 Å². The number of likely N-dealkylation sites (N-methyl/N-ethyl adjacent to an activating group) is 1. The number of nitrogens with zero attached hydrogens (tertiary/aromatic N) is 4. The van der Waals surface area contributed by atoms with E-state index in [4.69, 9.17) is 9.97 Å². The Bertz CT molecular complexity index is 868.